The van der Waals surface area contributed by atoms with E-state index in [0.717, 1.165) is 27.9 Å². The third kappa shape index (κ3) is 2.32. The van der Waals surface area contributed by atoms with E-state index in [1.165, 1.54) is 11.3 Å². The van der Waals surface area contributed by atoms with Gasteiger partial charge in [0.25, 0.3) is 0 Å². The summed E-state index contributed by atoms with van der Waals surface area (Å²) in [4.78, 5) is 18.6. The summed E-state index contributed by atoms with van der Waals surface area (Å²) in [7, 11) is 0. The molecule has 0 atom stereocenters. The topological polar surface area (TPSA) is 56.0 Å². The van der Waals surface area contributed by atoms with Crippen LogP contribution in [0.1, 0.15) is 33.4 Å². The van der Waals surface area contributed by atoms with Gasteiger partial charge in [0.2, 0.25) is 5.78 Å². The molecule has 2 heterocycles. The van der Waals surface area contributed by atoms with E-state index in [1.54, 1.807) is 0 Å². The molecule has 2 aromatic heterocycles. The van der Waals surface area contributed by atoms with Gasteiger partial charge in [-0.05, 0) is 25.0 Å². The summed E-state index contributed by atoms with van der Waals surface area (Å²) in [6.07, 6.45) is 0.877. The van der Waals surface area contributed by atoms with Crippen molar-refractivity contribution in [2.45, 2.75) is 20.3 Å². The highest BCUT2D eigenvalue weighted by Gasteiger charge is 2.19. The summed E-state index contributed by atoms with van der Waals surface area (Å²) in [5.41, 5.74) is 9.56. The predicted octanol–water partition coefficient (Wildman–Crippen LogP) is 3.98. The first-order chi connectivity index (χ1) is 10.1. The molecule has 4 heteroatoms. The predicted molar refractivity (Wildman–Crippen MR) is 88.0 cm³/mol. The van der Waals surface area contributed by atoms with Gasteiger partial charge in [0.15, 0.2) is 0 Å². The number of anilines is 1. The maximum Gasteiger partial charge on any atom is 0.205 e. The molecule has 3 nitrogen and oxygen atoms in total. The minimum absolute atomic E-state index is 0.0354. The molecule has 0 aliphatic rings. The Morgan fingerprint density at radius 2 is 2.00 bits per heavy atom. The zero-order valence-electron chi connectivity index (χ0n) is 12.0. The Morgan fingerprint density at radius 3 is 2.67 bits per heavy atom. The third-order valence-electron chi connectivity index (χ3n) is 3.59. The lowest BCUT2D eigenvalue weighted by atomic mass is 10.1. The van der Waals surface area contributed by atoms with Crippen molar-refractivity contribution in [3.05, 3.63) is 58.1 Å². The van der Waals surface area contributed by atoms with Crippen molar-refractivity contribution in [2.24, 2.45) is 0 Å². The molecule has 0 radical (unpaired) electrons. The maximum atomic E-state index is 12.6. The van der Waals surface area contributed by atoms with E-state index in [0.29, 0.717) is 16.1 Å². The van der Waals surface area contributed by atoms with Crippen LogP contribution in [0.2, 0.25) is 0 Å². The number of ketones is 1. The van der Waals surface area contributed by atoms with Crippen molar-refractivity contribution in [1.29, 1.82) is 0 Å². The van der Waals surface area contributed by atoms with E-state index >= 15 is 0 Å². The Kier molecular flexibility index (Phi) is 3.47. The van der Waals surface area contributed by atoms with Crippen molar-refractivity contribution in [3.8, 4) is 0 Å². The van der Waals surface area contributed by atoms with Crippen LogP contribution >= 0.6 is 11.3 Å². The third-order valence-corrected chi connectivity index (χ3v) is 4.71. The Bertz CT molecular complexity index is 822. The van der Waals surface area contributed by atoms with Crippen LogP contribution in [0.15, 0.2) is 36.4 Å². The highest BCUT2D eigenvalue weighted by atomic mass is 32.1. The normalized spacial score (nSPS) is 11.0. The number of fused-ring (bicyclic) bond motifs is 1. The Morgan fingerprint density at radius 1 is 1.29 bits per heavy atom. The van der Waals surface area contributed by atoms with Crippen LogP contribution in [0.5, 0.6) is 0 Å². The van der Waals surface area contributed by atoms with Gasteiger partial charge in [-0.3, -0.25) is 4.79 Å². The molecule has 0 saturated heterocycles. The molecule has 0 fully saturated rings. The van der Waals surface area contributed by atoms with Gasteiger partial charge in [0.1, 0.15) is 9.71 Å². The van der Waals surface area contributed by atoms with Crippen molar-refractivity contribution in [3.63, 3.8) is 0 Å². The summed E-state index contributed by atoms with van der Waals surface area (Å²) in [5, 5.41) is 0.883. The van der Waals surface area contributed by atoms with Crippen molar-refractivity contribution < 1.29 is 4.79 Å². The molecule has 3 aromatic rings. The number of aromatic nitrogens is 1. The van der Waals surface area contributed by atoms with Crippen LogP contribution in [0.25, 0.3) is 10.2 Å². The first-order valence-corrected chi connectivity index (χ1v) is 7.71. The van der Waals surface area contributed by atoms with Gasteiger partial charge in [-0.2, -0.15) is 0 Å². The first-order valence-electron chi connectivity index (χ1n) is 6.90. The van der Waals surface area contributed by atoms with Gasteiger partial charge >= 0.3 is 0 Å². The minimum Gasteiger partial charge on any atom is -0.397 e. The molecule has 1 aromatic carbocycles. The molecule has 0 aliphatic heterocycles. The number of hydrogen-bond donors (Lipinski definition) is 1. The van der Waals surface area contributed by atoms with Gasteiger partial charge in [-0.1, -0.05) is 37.3 Å². The molecular weight excluding hydrogens is 280 g/mol. The number of thiophene rings is 1. The van der Waals surface area contributed by atoms with Gasteiger partial charge in [-0.25, -0.2) is 4.98 Å². The highest BCUT2D eigenvalue weighted by Crippen LogP contribution is 2.35. The number of nitrogens with two attached hydrogens (primary N) is 1. The van der Waals surface area contributed by atoms with Crippen LogP contribution < -0.4 is 5.73 Å². The average Bonchev–Trinajstić information content (AvgIpc) is 2.83. The van der Waals surface area contributed by atoms with E-state index < -0.39 is 0 Å². The largest absolute Gasteiger partial charge is 0.397 e. The molecule has 0 saturated carbocycles. The van der Waals surface area contributed by atoms with Gasteiger partial charge < -0.3 is 5.73 Å². The van der Waals surface area contributed by atoms with Crippen LogP contribution in [-0.2, 0) is 6.42 Å². The fourth-order valence-electron chi connectivity index (χ4n) is 2.42. The number of pyridine rings is 1. The standard InChI is InChI=1S/C17H16N2OS/c1-3-13-10(2)9-12-14(18)16(21-17(12)19-13)15(20)11-7-5-4-6-8-11/h4-9H,3,18H2,1-2H3. The molecule has 0 aliphatic carbocycles. The molecule has 0 unspecified atom stereocenters. The van der Waals surface area contributed by atoms with Crippen molar-refractivity contribution in [1.82, 2.24) is 4.98 Å². The fourth-order valence-corrected chi connectivity index (χ4v) is 3.48. The number of aryl methyl sites for hydroxylation is 2. The van der Waals surface area contributed by atoms with Gasteiger partial charge in [-0.15, -0.1) is 11.3 Å². The van der Waals surface area contributed by atoms with E-state index in [1.807, 2.05) is 43.3 Å². The number of carbonyl (C=O) groups excluding carboxylic acids is 1. The molecule has 0 bridgehead atoms. The molecule has 21 heavy (non-hydrogen) atoms. The van der Waals surface area contributed by atoms with Gasteiger partial charge in [0, 0.05) is 16.6 Å². The van der Waals surface area contributed by atoms with E-state index in [9.17, 15) is 4.79 Å². The summed E-state index contributed by atoms with van der Waals surface area (Å²) in [6.45, 7) is 4.11. The molecule has 2 N–H and O–H groups in total. The number of rotatable bonds is 3. The number of nitrogens with zero attached hydrogens (tertiary/aromatic N) is 1. The second kappa shape index (κ2) is 5.30. The summed E-state index contributed by atoms with van der Waals surface area (Å²) >= 11 is 1.38. The Hall–Kier alpha value is -2.20. The van der Waals surface area contributed by atoms with E-state index in [2.05, 4.69) is 11.9 Å². The van der Waals surface area contributed by atoms with Crippen molar-refractivity contribution in [2.75, 3.05) is 5.73 Å². The molecule has 106 valence electrons. The van der Waals surface area contributed by atoms with Gasteiger partial charge in [0.05, 0.1) is 5.69 Å². The summed E-state index contributed by atoms with van der Waals surface area (Å²) < 4.78 is 0. The second-order valence-corrected chi connectivity index (χ2v) is 6.00. The zero-order valence-corrected chi connectivity index (χ0v) is 12.8. The van der Waals surface area contributed by atoms with E-state index in [4.69, 9.17) is 5.73 Å². The lowest BCUT2D eigenvalue weighted by Gasteiger charge is -2.02. The smallest absolute Gasteiger partial charge is 0.205 e. The first kappa shape index (κ1) is 13.8. The number of benzene rings is 1. The molecule has 0 spiro atoms. The molecular formula is C17H16N2OS. The average molecular weight is 296 g/mol. The molecule has 3 rings (SSSR count). The lowest BCUT2D eigenvalue weighted by molar-refractivity contribution is 0.104. The van der Waals surface area contributed by atoms with Crippen LogP contribution in [-0.4, -0.2) is 10.8 Å². The fraction of sp³-hybridized carbons (Fsp3) is 0.176. The zero-order chi connectivity index (χ0) is 15.0. The SMILES string of the molecule is CCc1nc2sc(C(=O)c3ccccc3)c(N)c2cc1C. The number of hydrogen-bond acceptors (Lipinski definition) is 4. The summed E-state index contributed by atoms with van der Waals surface area (Å²) in [6, 6.07) is 11.3. The Balaban J connectivity index is 2.16. The number of carbonyl (C=O) groups is 1. The second-order valence-electron chi connectivity index (χ2n) is 5.00. The van der Waals surface area contributed by atoms with Crippen molar-refractivity contribution >= 4 is 33.0 Å². The lowest BCUT2D eigenvalue weighted by Crippen LogP contribution is -2.01. The van der Waals surface area contributed by atoms with E-state index in [-0.39, 0.29) is 5.78 Å². The summed E-state index contributed by atoms with van der Waals surface area (Å²) in [5.74, 6) is -0.0354. The monoisotopic (exact) mass is 296 g/mol. The highest BCUT2D eigenvalue weighted by molar-refractivity contribution is 7.21. The Labute approximate surface area is 127 Å². The minimum atomic E-state index is -0.0354. The van der Waals surface area contributed by atoms with Crippen LogP contribution in [0.4, 0.5) is 5.69 Å². The maximum absolute atomic E-state index is 12.6. The van der Waals surface area contributed by atoms with Crippen LogP contribution in [0, 0.1) is 6.92 Å². The quantitative estimate of drug-likeness (QED) is 0.744. The van der Waals surface area contributed by atoms with Crippen LogP contribution in [0.3, 0.4) is 0 Å². The number of nitrogen functional groups attached to an aromatic ring is 1. The molecule has 0 amide bonds.